The zero-order valence-electron chi connectivity index (χ0n) is 15.3. The Bertz CT molecular complexity index is 995. The van der Waals surface area contributed by atoms with Gasteiger partial charge in [0.05, 0.1) is 16.5 Å². The maximum Gasteiger partial charge on any atom is 0.234 e. The lowest BCUT2D eigenvalue weighted by molar-refractivity contribution is -0.113. The van der Waals surface area contributed by atoms with Gasteiger partial charge in [-0.1, -0.05) is 59.2 Å². The van der Waals surface area contributed by atoms with Crippen molar-refractivity contribution in [1.29, 1.82) is 0 Å². The van der Waals surface area contributed by atoms with Crippen molar-refractivity contribution < 1.29 is 9.53 Å². The van der Waals surface area contributed by atoms with Crippen LogP contribution in [0.5, 0.6) is 5.75 Å². The van der Waals surface area contributed by atoms with Crippen molar-refractivity contribution in [3.8, 4) is 5.75 Å². The second-order valence-corrected chi connectivity index (χ2v) is 7.65. The van der Waals surface area contributed by atoms with E-state index in [1.54, 1.807) is 24.3 Å². The van der Waals surface area contributed by atoms with Crippen molar-refractivity contribution in [3.05, 3.63) is 77.1 Å². The standard InChI is InChI=1S/C20H18Cl2N4O2S/c1-2-10-26-18(12-28-15-6-4-3-5-7-15)24-25-20(26)29-13-19(27)23-17-11-14(21)8-9-16(17)22/h2-9,11H,1,10,12-13H2,(H,23,27). The number of para-hydroxylation sites is 1. The lowest BCUT2D eigenvalue weighted by Crippen LogP contribution is -2.15. The molecule has 0 aliphatic heterocycles. The van der Waals surface area contributed by atoms with Gasteiger partial charge >= 0.3 is 0 Å². The fraction of sp³-hybridized carbons (Fsp3) is 0.150. The van der Waals surface area contributed by atoms with Gasteiger partial charge in [-0.15, -0.1) is 16.8 Å². The Labute approximate surface area is 182 Å². The number of benzene rings is 2. The van der Waals surface area contributed by atoms with Gasteiger partial charge in [-0.05, 0) is 30.3 Å². The molecule has 0 spiro atoms. The van der Waals surface area contributed by atoms with Gasteiger partial charge in [-0.3, -0.25) is 9.36 Å². The highest BCUT2D eigenvalue weighted by atomic mass is 35.5. The van der Waals surface area contributed by atoms with Gasteiger partial charge in [0.15, 0.2) is 11.0 Å². The number of aromatic nitrogens is 3. The summed E-state index contributed by atoms with van der Waals surface area (Å²) in [5, 5.41) is 12.6. The van der Waals surface area contributed by atoms with Crippen molar-refractivity contribution in [1.82, 2.24) is 14.8 Å². The zero-order chi connectivity index (χ0) is 20.6. The smallest absolute Gasteiger partial charge is 0.234 e. The molecule has 6 nitrogen and oxygen atoms in total. The van der Waals surface area contributed by atoms with Crippen LogP contribution in [0.3, 0.4) is 0 Å². The number of carbonyl (C=O) groups is 1. The number of amides is 1. The van der Waals surface area contributed by atoms with Gasteiger partial charge in [0.25, 0.3) is 0 Å². The number of ether oxygens (including phenoxy) is 1. The van der Waals surface area contributed by atoms with E-state index in [2.05, 4.69) is 22.1 Å². The molecular weight excluding hydrogens is 431 g/mol. The molecule has 0 atom stereocenters. The minimum atomic E-state index is -0.227. The number of allylic oxidation sites excluding steroid dienone is 1. The third-order valence-electron chi connectivity index (χ3n) is 3.75. The number of carbonyl (C=O) groups excluding carboxylic acids is 1. The normalized spacial score (nSPS) is 10.6. The molecule has 150 valence electrons. The van der Waals surface area contributed by atoms with Crippen LogP contribution < -0.4 is 10.1 Å². The van der Waals surface area contributed by atoms with E-state index in [1.165, 1.54) is 11.8 Å². The number of nitrogens with one attached hydrogen (secondary N) is 1. The number of rotatable bonds is 9. The quantitative estimate of drug-likeness (QED) is 0.365. The van der Waals surface area contributed by atoms with Gasteiger partial charge in [-0.25, -0.2) is 0 Å². The molecule has 1 amide bonds. The van der Waals surface area contributed by atoms with Crippen LogP contribution in [0.2, 0.25) is 10.0 Å². The minimum Gasteiger partial charge on any atom is -0.486 e. The topological polar surface area (TPSA) is 69.0 Å². The van der Waals surface area contributed by atoms with Crippen molar-refractivity contribution in [2.24, 2.45) is 0 Å². The minimum absolute atomic E-state index is 0.137. The van der Waals surface area contributed by atoms with Crippen molar-refractivity contribution in [2.45, 2.75) is 18.3 Å². The van der Waals surface area contributed by atoms with Crippen LogP contribution in [0.1, 0.15) is 5.82 Å². The third-order valence-corrected chi connectivity index (χ3v) is 5.28. The third kappa shape index (κ3) is 6.00. The summed E-state index contributed by atoms with van der Waals surface area (Å²) in [4.78, 5) is 12.3. The molecule has 3 aromatic rings. The summed E-state index contributed by atoms with van der Waals surface area (Å²) in [7, 11) is 0. The first-order chi connectivity index (χ1) is 14.1. The second-order valence-electron chi connectivity index (χ2n) is 5.86. The molecule has 0 radical (unpaired) electrons. The number of hydrogen-bond acceptors (Lipinski definition) is 5. The van der Waals surface area contributed by atoms with E-state index in [-0.39, 0.29) is 18.3 Å². The summed E-state index contributed by atoms with van der Waals surface area (Å²) in [5.74, 6) is 1.30. The van der Waals surface area contributed by atoms with Crippen LogP contribution in [0.25, 0.3) is 0 Å². The molecule has 0 fully saturated rings. The summed E-state index contributed by atoms with van der Waals surface area (Å²) < 4.78 is 7.61. The molecule has 1 heterocycles. The van der Waals surface area contributed by atoms with Gasteiger partial charge in [0, 0.05) is 11.6 Å². The molecular formula is C20H18Cl2N4O2S. The Balaban J connectivity index is 1.62. The molecule has 0 aliphatic rings. The van der Waals surface area contributed by atoms with Crippen LogP contribution in [-0.4, -0.2) is 26.4 Å². The summed E-state index contributed by atoms with van der Waals surface area (Å²) in [6.45, 7) is 4.54. The highest BCUT2D eigenvalue weighted by Gasteiger charge is 2.15. The van der Waals surface area contributed by atoms with Crippen molar-refractivity contribution in [3.63, 3.8) is 0 Å². The second kappa shape index (κ2) is 10.3. The Morgan fingerprint density at radius 1 is 1.21 bits per heavy atom. The van der Waals surface area contributed by atoms with E-state index >= 15 is 0 Å². The molecule has 2 aromatic carbocycles. The lowest BCUT2D eigenvalue weighted by Gasteiger charge is -2.10. The molecule has 29 heavy (non-hydrogen) atoms. The first-order valence-corrected chi connectivity index (χ1v) is 10.4. The maximum absolute atomic E-state index is 12.3. The van der Waals surface area contributed by atoms with E-state index in [0.717, 1.165) is 5.75 Å². The molecule has 1 N–H and O–H groups in total. The molecule has 0 aliphatic carbocycles. The Kier molecular flexibility index (Phi) is 7.57. The average molecular weight is 449 g/mol. The summed E-state index contributed by atoms with van der Waals surface area (Å²) in [5.41, 5.74) is 0.467. The molecule has 0 unspecified atom stereocenters. The van der Waals surface area contributed by atoms with Crippen LogP contribution >= 0.6 is 35.0 Å². The fourth-order valence-corrected chi connectivity index (χ4v) is 3.52. The van der Waals surface area contributed by atoms with Crippen molar-refractivity contribution in [2.75, 3.05) is 11.1 Å². The van der Waals surface area contributed by atoms with E-state index in [0.29, 0.717) is 33.3 Å². The Morgan fingerprint density at radius 3 is 2.76 bits per heavy atom. The summed E-state index contributed by atoms with van der Waals surface area (Å²) in [6.07, 6.45) is 1.74. The van der Waals surface area contributed by atoms with Crippen molar-refractivity contribution >= 4 is 46.6 Å². The Morgan fingerprint density at radius 2 is 2.00 bits per heavy atom. The maximum atomic E-state index is 12.3. The number of hydrogen-bond donors (Lipinski definition) is 1. The van der Waals surface area contributed by atoms with E-state index in [4.69, 9.17) is 27.9 Å². The van der Waals surface area contributed by atoms with E-state index in [9.17, 15) is 4.79 Å². The van der Waals surface area contributed by atoms with Gasteiger partial charge < -0.3 is 10.1 Å². The predicted molar refractivity (Wildman–Crippen MR) is 117 cm³/mol. The molecule has 0 bridgehead atoms. The monoisotopic (exact) mass is 448 g/mol. The molecule has 0 saturated heterocycles. The fourth-order valence-electron chi connectivity index (χ4n) is 2.42. The largest absolute Gasteiger partial charge is 0.486 e. The zero-order valence-corrected chi connectivity index (χ0v) is 17.7. The molecule has 9 heteroatoms. The van der Waals surface area contributed by atoms with Crippen LogP contribution in [-0.2, 0) is 17.9 Å². The van der Waals surface area contributed by atoms with Gasteiger partial charge in [0.2, 0.25) is 5.91 Å². The molecule has 0 saturated carbocycles. The number of halogens is 2. The molecule has 1 aromatic heterocycles. The summed E-state index contributed by atoms with van der Waals surface area (Å²) >= 11 is 13.3. The SMILES string of the molecule is C=CCn1c(COc2ccccc2)nnc1SCC(=O)Nc1cc(Cl)ccc1Cl. The average Bonchev–Trinajstić information content (AvgIpc) is 3.10. The number of nitrogens with zero attached hydrogens (tertiary/aromatic N) is 3. The highest BCUT2D eigenvalue weighted by Crippen LogP contribution is 2.26. The number of anilines is 1. The molecule has 3 rings (SSSR count). The van der Waals surface area contributed by atoms with E-state index in [1.807, 2.05) is 34.9 Å². The van der Waals surface area contributed by atoms with E-state index < -0.39 is 0 Å². The highest BCUT2D eigenvalue weighted by molar-refractivity contribution is 7.99. The van der Waals surface area contributed by atoms with Crippen LogP contribution in [0.4, 0.5) is 5.69 Å². The lowest BCUT2D eigenvalue weighted by atomic mass is 10.3. The number of thioether (sulfide) groups is 1. The van der Waals surface area contributed by atoms with Crippen LogP contribution in [0.15, 0.2) is 66.3 Å². The van der Waals surface area contributed by atoms with Gasteiger partial charge in [0.1, 0.15) is 12.4 Å². The Hall–Kier alpha value is -2.48. The van der Waals surface area contributed by atoms with Crippen LogP contribution in [0, 0.1) is 0 Å². The predicted octanol–water partition coefficient (Wildman–Crippen LogP) is 5.08. The first kappa shape index (κ1) is 21.2. The first-order valence-electron chi connectivity index (χ1n) is 8.65. The summed E-state index contributed by atoms with van der Waals surface area (Å²) in [6, 6.07) is 14.3. The van der Waals surface area contributed by atoms with Gasteiger partial charge in [-0.2, -0.15) is 0 Å².